The average molecular weight is 157 g/mol. The van der Waals surface area contributed by atoms with Crippen LogP contribution >= 0.6 is 11.3 Å². The van der Waals surface area contributed by atoms with Gasteiger partial charge in [0.2, 0.25) is 0 Å². The molecule has 1 unspecified atom stereocenters. The molecular weight excluding hydrogens is 146 g/mol. The first-order valence-electron chi connectivity index (χ1n) is 3.27. The lowest BCUT2D eigenvalue weighted by atomic mass is 10.1. The van der Waals surface area contributed by atoms with Gasteiger partial charge >= 0.3 is 0 Å². The van der Waals surface area contributed by atoms with E-state index in [0.717, 1.165) is 12.0 Å². The molecule has 56 valence electrons. The van der Waals surface area contributed by atoms with Crippen molar-refractivity contribution in [2.45, 2.75) is 19.4 Å². The fraction of sp³-hybridized carbons (Fsp3) is 0.429. The smallest absolute Gasteiger partial charge is 0.171 e. The van der Waals surface area contributed by atoms with Crippen molar-refractivity contribution in [2.24, 2.45) is 5.73 Å². The first kappa shape index (κ1) is 7.57. The zero-order valence-corrected chi connectivity index (χ0v) is 6.69. The molecule has 0 aliphatic carbocycles. The van der Waals surface area contributed by atoms with Gasteiger partial charge in [-0.25, -0.2) is 0 Å². The minimum Gasteiger partial charge on any atom is -0.499 e. The molecule has 3 heteroatoms. The summed E-state index contributed by atoms with van der Waals surface area (Å²) < 4.78 is 0. The Balaban J connectivity index is 2.74. The van der Waals surface area contributed by atoms with Crippen molar-refractivity contribution in [3.05, 3.63) is 17.0 Å². The van der Waals surface area contributed by atoms with Crippen molar-refractivity contribution < 1.29 is 5.11 Å². The van der Waals surface area contributed by atoms with Crippen LogP contribution in [-0.2, 0) is 0 Å². The molecule has 0 aromatic carbocycles. The molecular formula is C7H11NOS. The molecule has 0 saturated heterocycles. The van der Waals surface area contributed by atoms with E-state index in [0.29, 0.717) is 5.06 Å². The number of hydrogen-bond donors (Lipinski definition) is 2. The van der Waals surface area contributed by atoms with Crippen molar-refractivity contribution in [3.63, 3.8) is 0 Å². The van der Waals surface area contributed by atoms with Gasteiger partial charge in [0.25, 0.3) is 0 Å². The highest BCUT2D eigenvalue weighted by molar-refractivity contribution is 7.11. The molecule has 1 rings (SSSR count). The van der Waals surface area contributed by atoms with Crippen LogP contribution in [0.15, 0.2) is 11.4 Å². The summed E-state index contributed by atoms with van der Waals surface area (Å²) in [5, 5.41) is 11.2. The summed E-state index contributed by atoms with van der Waals surface area (Å²) in [6, 6.07) is 1.80. The highest BCUT2D eigenvalue weighted by Gasteiger charge is 2.04. The van der Waals surface area contributed by atoms with E-state index < -0.39 is 0 Å². The monoisotopic (exact) mass is 157 g/mol. The Morgan fingerprint density at radius 3 is 2.90 bits per heavy atom. The summed E-state index contributed by atoms with van der Waals surface area (Å²) in [7, 11) is 0. The maximum absolute atomic E-state index is 8.96. The van der Waals surface area contributed by atoms with Crippen molar-refractivity contribution in [1.29, 1.82) is 0 Å². The van der Waals surface area contributed by atoms with Crippen LogP contribution in [0.25, 0.3) is 0 Å². The Hall–Kier alpha value is -0.540. The van der Waals surface area contributed by atoms with Crippen LogP contribution in [0.1, 0.15) is 24.9 Å². The van der Waals surface area contributed by atoms with Crippen LogP contribution in [-0.4, -0.2) is 5.11 Å². The van der Waals surface area contributed by atoms with Crippen molar-refractivity contribution in [1.82, 2.24) is 0 Å². The van der Waals surface area contributed by atoms with Gasteiger partial charge in [0.15, 0.2) is 5.06 Å². The molecule has 1 aromatic rings. The highest BCUT2D eigenvalue weighted by atomic mass is 32.1. The van der Waals surface area contributed by atoms with Crippen LogP contribution in [0.5, 0.6) is 5.06 Å². The summed E-state index contributed by atoms with van der Waals surface area (Å²) in [6.45, 7) is 2.03. The Morgan fingerprint density at radius 1 is 1.80 bits per heavy atom. The lowest BCUT2D eigenvalue weighted by Gasteiger charge is -2.03. The predicted octanol–water partition coefficient (Wildman–Crippen LogP) is 1.86. The van der Waals surface area contributed by atoms with Gasteiger partial charge in [-0.1, -0.05) is 6.92 Å². The maximum Gasteiger partial charge on any atom is 0.171 e. The van der Waals surface area contributed by atoms with Gasteiger partial charge < -0.3 is 10.8 Å². The fourth-order valence-electron chi connectivity index (χ4n) is 0.769. The summed E-state index contributed by atoms with van der Waals surface area (Å²) >= 11 is 1.32. The summed E-state index contributed by atoms with van der Waals surface area (Å²) in [4.78, 5) is 0. The van der Waals surface area contributed by atoms with E-state index in [1.165, 1.54) is 11.3 Å². The third-order valence-corrected chi connectivity index (χ3v) is 2.22. The molecule has 10 heavy (non-hydrogen) atoms. The summed E-state index contributed by atoms with van der Waals surface area (Å²) in [6.07, 6.45) is 0.913. The predicted molar refractivity (Wildman–Crippen MR) is 43.2 cm³/mol. The van der Waals surface area contributed by atoms with E-state index in [4.69, 9.17) is 10.8 Å². The molecule has 1 atom stereocenters. The molecule has 1 heterocycles. The van der Waals surface area contributed by atoms with Crippen LogP contribution in [0, 0.1) is 0 Å². The third-order valence-electron chi connectivity index (χ3n) is 1.47. The van der Waals surface area contributed by atoms with E-state index in [2.05, 4.69) is 0 Å². The van der Waals surface area contributed by atoms with E-state index in [9.17, 15) is 0 Å². The Morgan fingerprint density at radius 2 is 2.50 bits per heavy atom. The standard InChI is InChI=1S/C7H11NOS/c1-2-6(8)5-3-7(9)10-4-5/h3-4,6,9H,2,8H2,1H3. The summed E-state index contributed by atoms with van der Waals surface area (Å²) in [5.41, 5.74) is 6.74. The van der Waals surface area contributed by atoms with Crippen LogP contribution in [0.2, 0.25) is 0 Å². The van der Waals surface area contributed by atoms with E-state index >= 15 is 0 Å². The number of nitrogens with two attached hydrogens (primary N) is 1. The van der Waals surface area contributed by atoms with Crippen LogP contribution in [0.4, 0.5) is 0 Å². The molecule has 0 amide bonds. The normalized spacial score (nSPS) is 13.4. The van der Waals surface area contributed by atoms with E-state index in [1.54, 1.807) is 6.07 Å². The van der Waals surface area contributed by atoms with Gasteiger partial charge in [0.1, 0.15) is 0 Å². The van der Waals surface area contributed by atoms with Crippen LogP contribution < -0.4 is 5.73 Å². The molecule has 0 bridgehead atoms. The molecule has 0 spiro atoms. The minimum atomic E-state index is 0.0807. The van der Waals surface area contributed by atoms with Gasteiger partial charge in [-0.2, -0.15) is 0 Å². The molecule has 0 saturated carbocycles. The fourth-order valence-corrected chi connectivity index (χ4v) is 1.47. The van der Waals surface area contributed by atoms with Crippen LogP contribution in [0.3, 0.4) is 0 Å². The van der Waals surface area contributed by atoms with Gasteiger partial charge in [0.05, 0.1) is 0 Å². The maximum atomic E-state index is 8.96. The Kier molecular flexibility index (Phi) is 2.29. The second kappa shape index (κ2) is 3.03. The quantitative estimate of drug-likeness (QED) is 0.688. The number of rotatable bonds is 2. The summed E-state index contributed by atoms with van der Waals surface area (Å²) in [5.74, 6) is 0. The first-order valence-corrected chi connectivity index (χ1v) is 4.15. The largest absolute Gasteiger partial charge is 0.499 e. The molecule has 0 fully saturated rings. The SMILES string of the molecule is CCC(N)c1csc(O)c1. The Bertz CT molecular complexity index is 209. The van der Waals surface area contributed by atoms with Gasteiger partial charge in [-0.05, 0) is 23.4 Å². The average Bonchev–Trinajstić information content (AvgIpc) is 2.34. The zero-order chi connectivity index (χ0) is 7.56. The third kappa shape index (κ3) is 1.49. The van der Waals surface area contributed by atoms with Gasteiger partial charge in [-0.15, -0.1) is 11.3 Å². The molecule has 1 aromatic heterocycles. The molecule has 2 nitrogen and oxygen atoms in total. The number of thiophene rings is 1. The molecule has 0 aliphatic rings. The topological polar surface area (TPSA) is 46.2 Å². The van der Waals surface area contributed by atoms with E-state index in [-0.39, 0.29) is 6.04 Å². The molecule has 0 aliphatic heterocycles. The number of aromatic hydroxyl groups is 1. The lowest BCUT2D eigenvalue weighted by Crippen LogP contribution is -2.06. The van der Waals surface area contributed by atoms with Crippen molar-refractivity contribution in [2.75, 3.05) is 0 Å². The van der Waals surface area contributed by atoms with Crippen molar-refractivity contribution in [3.8, 4) is 5.06 Å². The number of hydrogen-bond acceptors (Lipinski definition) is 3. The molecule has 0 radical (unpaired) electrons. The van der Waals surface area contributed by atoms with E-state index in [1.807, 2.05) is 12.3 Å². The minimum absolute atomic E-state index is 0.0807. The lowest BCUT2D eigenvalue weighted by molar-refractivity contribution is 0.490. The zero-order valence-electron chi connectivity index (χ0n) is 5.87. The second-order valence-corrected chi connectivity index (χ2v) is 3.12. The van der Waals surface area contributed by atoms with Gasteiger partial charge in [0, 0.05) is 6.04 Å². The highest BCUT2D eigenvalue weighted by Crippen LogP contribution is 2.25. The molecule has 3 N–H and O–H groups in total. The first-order chi connectivity index (χ1) is 4.74. The van der Waals surface area contributed by atoms with Crippen molar-refractivity contribution >= 4 is 11.3 Å². The van der Waals surface area contributed by atoms with Gasteiger partial charge in [-0.3, -0.25) is 0 Å². The Labute approximate surface area is 64.3 Å². The second-order valence-electron chi connectivity index (χ2n) is 2.23.